The highest BCUT2D eigenvalue weighted by molar-refractivity contribution is 5.41. The van der Waals surface area contributed by atoms with Crippen LogP contribution in [0.1, 0.15) is 38.8 Å². The minimum atomic E-state index is -0.386. The topological polar surface area (TPSA) is 75.7 Å². The second-order valence-electron chi connectivity index (χ2n) is 5.05. The molecule has 1 rings (SSSR count). The number of hydrogen-bond acceptors (Lipinski definition) is 4. The van der Waals surface area contributed by atoms with Crippen molar-refractivity contribution < 1.29 is 14.9 Å². The highest BCUT2D eigenvalue weighted by Crippen LogP contribution is 2.30. The Morgan fingerprint density at radius 2 is 2.00 bits per heavy atom. The Kier molecular flexibility index (Phi) is 4.37. The highest BCUT2D eigenvalue weighted by atomic mass is 16.5. The van der Waals surface area contributed by atoms with Crippen LogP contribution in [-0.2, 0) is 0 Å². The molecule has 4 nitrogen and oxygen atoms in total. The number of nitrogens with two attached hydrogens (primary N) is 1. The number of aliphatic hydroxyl groups is 1. The fourth-order valence-electron chi connectivity index (χ4n) is 1.54. The molecule has 4 N–H and O–H groups in total. The van der Waals surface area contributed by atoms with Crippen molar-refractivity contribution in [2.24, 2.45) is 5.73 Å². The average molecular weight is 239 g/mol. The van der Waals surface area contributed by atoms with Crippen molar-refractivity contribution in [1.82, 2.24) is 0 Å². The van der Waals surface area contributed by atoms with E-state index in [1.807, 2.05) is 20.8 Å². The minimum Gasteiger partial charge on any atom is -0.508 e. The summed E-state index contributed by atoms with van der Waals surface area (Å²) in [6.07, 6.45) is 0.409. The Labute approximate surface area is 102 Å². The van der Waals surface area contributed by atoms with Gasteiger partial charge in [-0.1, -0.05) is 0 Å². The van der Waals surface area contributed by atoms with Gasteiger partial charge in [-0.15, -0.1) is 0 Å². The lowest BCUT2D eigenvalue weighted by Crippen LogP contribution is -2.23. The molecule has 0 saturated carbocycles. The number of aromatic hydroxyl groups is 1. The Bertz CT molecular complexity index is 371. The number of hydrogen-bond donors (Lipinski definition) is 3. The van der Waals surface area contributed by atoms with Gasteiger partial charge in [0.25, 0.3) is 0 Å². The van der Waals surface area contributed by atoms with Crippen LogP contribution >= 0.6 is 0 Å². The summed E-state index contributed by atoms with van der Waals surface area (Å²) in [4.78, 5) is 0. The average Bonchev–Trinajstić information content (AvgIpc) is 2.19. The van der Waals surface area contributed by atoms with Crippen LogP contribution in [0.3, 0.4) is 0 Å². The van der Waals surface area contributed by atoms with Gasteiger partial charge in [0.1, 0.15) is 17.1 Å². The molecule has 0 unspecified atom stereocenters. The van der Waals surface area contributed by atoms with Crippen molar-refractivity contribution in [3.63, 3.8) is 0 Å². The molecule has 0 aliphatic heterocycles. The Morgan fingerprint density at radius 3 is 2.53 bits per heavy atom. The first-order valence-corrected chi connectivity index (χ1v) is 5.72. The smallest absolute Gasteiger partial charge is 0.120 e. The predicted octanol–water partition coefficient (Wildman–Crippen LogP) is 1.95. The number of aliphatic hydroxyl groups excluding tert-OH is 1. The van der Waals surface area contributed by atoms with Gasteiger partial charge in [-0.05, 0) is 45.4 Å². The Hall–Kier alpha value is -1.26. The van der Waals surface area contributed by atoms with E-state index >= 15 is 0 Å². The van der Waals surface area contributed by atoms with Crippen molar-refractivity contribution in [2.45, 2.75) is 38.8 Å². The molecule has 0 aliphatic rings. The largest absolute Gasteiger partial charge is 0.508 e. The molecule has 0 radical (unpaired) electrons. The van der Waals surface area contributed by atoms with E-state index in [1.54, 1.807) is 18.2 Å². The molecule has 17 heavy (non-hydrogen) atoms. The summed E-state index contributed by atoms with van der Waals surface area (Å²) < 4.78 is 5.70. The molecule has 1 atom stereocenters. The lowest BCUT2D eigenvalue weighted by atomic mass is 10.0. The molecule has 0 aromatic heterocycles. The van der Waals surface area contributed by atoms with Gasteiger partial charge < -0.3 is 20.7 Å². The number of rotatable bonds is 4. The molecule has 0 aliphatic carbocycles. The molecule has 96 valence electrons. The summed E-state index contributed by atoms with van der Waals surface area (Å²) in [5.41, 5.74) is 6.17. The summed E-state index contributed by atoms with van der Waals surface area (Å²) >= 11 is 0. The van der Waals surface area contributed by atoms with E-state index in [1.165, 1.54) is 0 Å². The van der Waals surface area contributed by atoms with Crippen LogP contribution in [0.4, 0.5) is 0 Å². The molecule has 0 fully saturated rings. The van der Waals surface area contributed by atoms with Crippen LogP contribution in [0.15, 0.2) is 18.2 Å². The fraction of sp³-hybridized carbons (Fsp3) is 0.538. The van der Waals surface area contributed by atoms with Gasteiger partial charge in [-0.3, -0.25) is 0 Å². The van der Waals surface area contributed by atoms with Crippen LogP contribution in [0.5, 0.6) is 11.5 Å². The van der Waals surface area contributed by atoms with Crippen molar-refractivity contribution in [1.29, 1.82) is 0 Å². The van der Waals surface area contributed by atoms with E-state index in [9.17, 15) is 5.11 Å². The van der Waals surface area contributed by atoms with Gasteiger partial charge in [-0.25, -0.2) is 0 Å². The zero-order valence-corrected chi connectivity index (χ0v) is 10.6. The maximum absolute atomic E-state index is 9.71. The zero-order chi connectivity index (χ0) is 13.1. The van der Waals surface area contributed by atoms with Gasteiger partial charge in [0.2, 0.25) is 0 Å². The lowest BCUT2D eigenvalue weighted by molar-refractivity contribution is 0.130. The molecule has 1 aromatic carbocycles. The van der Waals surface area contributed by atoms with Crippen molar-refractivity contribution >= 4 is 0 Å². The SMILES string of the molecule is CC(C)(C)Oc1ccc(O)c([C@@H](N)CCO)c1. The lowest BCUT2D eigenvalue weighted by Gasteiger charge is -2.22. The molecule has 1 aromatic rings. The Morgan fingerprint density at radius 1 is 1.35 bits per heavy atom. The summed E-state index contributed by atoms with van der Waals surface area (Å²) in [7, 11) is 0. The molecule has 0 spiro atoms. The van der Waals surface area contributed by atoms with Gasteiger partial charge >= 0.3 is 0 Å². The van der Waals surface area contributed by atoms with E-state index in [-0.39, 0.29) is 24.0 Å². The summed E-state index contributed by atoms with van der Waals surface area (Å²) in [5, 5.41) is 18.6. The van der Waals surface area contributed by atoms with Crippen molar-refractivity contribution in [3.8, 4) is 11.5 Å². The number of ether oxygens (including phenoxy) is 1. The van der Waals surface area contributed by atoms with Crippen LogP contribution < -0.4 is 10.5 Å². The molecule has 4 heteroatoms. The maximum Gasteiger partial charge on any atom is 0.120 e. The summed E-state index contributed by atoms with van der Waals surface area (Å²) in [6.45, 7) is 5.85. The minimum absolute atomic E-state index is 0.00897. The van der Waals surface area contributed by atoms with Crippen LogP contribution in [0.2, 0.25) is 0 Å². The van der Waals surface area contributed by atoms with Crippen LogP contribution in [0.25, 0.3) is 0 Å². The number of phenols is 1. The third-order valence-corrected chi connectivity index (χ3v) is 2.26. The van der Waals surface area contributed by atoms with Gasteiger partial charge in [0.05, 0.1) is 0 Å². The van der Waals surface area contributed by atoms with E-state index < -0.39 is 0 Å². The standard InChI is InChI=1S/C13H21NO3/c1-13(2,3)17-9-4-5-12(16)10(8-9)11(14)6-7-15/h4-5,8,11,15-16H,6-7,14H2,1-3H3/t11-/m0/s1. The van der Waals surface area contributed by atoms with Crippen LogP contribution in [0, 0.1) is 0 Å². The van der Waals surface area contributed by atoms with Crippen molar-refractivity contribution in [3.05, 3.63) is 23.8 Å². The van der Waals surface area contributed by atoms with E-state index in [0.717, 1.165) is 0 Å². The molecule has 0 amide bonds. The molecule has 0 heterocycles. The van der Waals surface area contributed by atoms with Gasteiger partial charge in [0.15, 0.2) is 0 Å². The summed E-state index contributed by atoms with van der Waals surface area (Å²) in [5.74, 6) is 0.797. The maximum atomic E-state index is 9.71. The summed E-state index contributed by atoms with van der Waals surface area (Å²) in [6, 6.07) is 4.60. The third-order valence-electron chi connectivity index (χ3n) is 2.26. The first-order chi connectivity index (χ1) is 7.83. The second-order valence-corrected chi connectivity index (χ2v) is 5.05. The van der Waals surface area contributed by atoms with Crippen LogP contribution in [-0.4, -0.2) is 22.4 Å². The normalized spacial score (nSPS) is 13.5. The monoisotopic (exact) mass is 239 g/mol. The van der Waals surface area contributed by atoms with E-state index in [2.05, 4.69) is 0 Å². The molecule has 0 bridgehead atoms. The quantitative estimate of drug-likeness (QED) is 0.750. The van der Waals surface area contributed by atoms with E-state index in [4.69, 9.17) is 15.6 Å². The van der Waals surface area contributed by atoms with E-state index in [0.29, 0.717) is 17.7 Å². The predicted molar refractivity (Wildman–Crippen MR) is 67.1 cm³/mol. The molecular weight excluding hydrogens is 218 g/mol. The first-order valence-electron chi connectivity index (χ1n) is 5.72. The number of phenolic OH excluding ortho intramolecular Hbond substituents is 1. The van der Waals surface area contributed by atoms with Gasteiger partial charge in [0, 0.05) is 18.2 Å². The third kappa shape index (κ3) is 4.24. The zero-order valence-electron chi connectivity index (χ0n) is 10.6. The number of benzene rings is 1. The van der Waals surface area contributed by atoms with Gasteiger partial charge in [-0.2, -0.15) is 0 Å². The van der Waals surface area contributed by atoms with Crippen molar-refractivity contribution in [2.75, 3.05) is 6.61 Å². The molecule has 0 saturated heterocycles. The fourth-order valence-corrected chi connectivity index (χ4v) is 1.54. The second kappa shape index (κ2) is 5.38. The first kappa shape index (κ1) is 13.8. The Balaban J connectivity index is 2.94. The molecular formula is C13H21NO3. The highest BCUT2D eigenvalue weighted by Gasteiger charge is 2.15.